The van der Waals surface area contributed by atoms with E-state index in [1.807, 2.05) is 13.8 Å². The highest BCUT2D eigenvalue weighted by molar-refractivity contribution is 5.23. The van der Waals surface area contributed by atoms with Crippen molar-refractivity contribution in [2.45, 2.75) is 39.8 Å². The zero-order valence-electron chi connectivity index (χ0n) is 11.3. The van der Waals surface area contributed by atoms with Crippen molar-refractivity contribution in [3.63, 3.8) is 0 Å². The minimum absolute atomic E-state index is 0.340. The fraction of sp³-hybridized carbons (Fsp3) is 0.692. The molecule has 92 valence electrons. The Balaban J connectivity index is 2.58. The number of hydrogen-bond donors (Lipinski definition) is 1. The predicted octanol–water partition coefficient (Wildman–Crippen LogP) is 2.50. The van der Waals surface area contributed by atoms with E-state index in [-0.39, 0.29) is 0 Å². The standard InChI is InChI=1S/C13H24N2O/c1-9(8-15(5)6)14-11(3)13-7-10(2)16-12(13)4/h7,9,11,14H,8H2,1-6H3. The Morgan fingerprint density at radius 2 is 1.94 bits per heavy atom. The van der Waals surface area contributed by atoms with Crippen LogP contribution in [0.5, 0.6) is 0 Å². The molecular formula is C13H24N2O. The fourth-order valence-corrected chi connectivity index (χ4v) is 2.20. The van der Waals surface area contributed by atoms with Crippen molar-refractivity contribution in [3.05, 3.63) is 23.2 Å². The molecule has 0 bridgehead atoms. The van der Waals surface area contributed by atoms with Gasteiger partial charge in [0.05, 0.1) is 0 Å². The van der Waals surface area contributed by atoms with Crippen LogP contribution < -0.4 is 5.32 Å². The molecule has 0 fully saturated rings. The molecule has 0 saturated heterocycles. The van der Waals surface area contributed by atoms with E-state index in [1.54, 1.807) is 0 Å². The molecule has 0 spiro atoms. The molecule has 3 heteroatoms. The highest BCUT2D eigenvalue weighted by Crippen LogP contribution is 2.21. The molecular weight excluding hydrogens is 200 g/mol. The van der Waals surface area contributed by atoms with Crippen LogP contribution >= 0.6 is 0 Å². The Bertz CT molecular complexity index is 331. The minimum Gasteiger partial charge on any atom is -0.466 e. The molecule has 0 radical (unpaired) electrons. The van der Waals surface area contributed by atoms with Gasteiger partial charge >= 0.3 is 0 Å². The van der Waals surface area contributed by atoms with Gasteiger partial charge in [0.15, 0.2) is 0 Å². The molecule has 0 aliphatic heterocycles. The summed E-state index contributed by atoms with van der Waals surface area (Å²) < 4.78 is 5.55. The predicted molar refractivity (Wildman–Crippen MR) is 67.7 cm³/mol. The van der Waals surface area contributed by atoms with Crippen molar-refractivity contribution >= 4 is 0 Å². The molecule has 1 heterocycles. The van der Waals surface area contributed by atoms with Gasteiger partial charge in [-0.15, -0.1) is 0 Å². The van der Waals surface area contributed by atoms with E-state index < -0.39 is 0 Å². The number of aryl methyl sites for hydroxylation is 2. The summed E-state index contributed by atoms with van der Waals surface area (Å²) in [5, 5.41) is 3.58. The number of nitrogens with one attached hydrogen (secondary N) is 1. The van der Waals surface area contributed by atoms with Gasteiger partial charge in [0.25, 0.3) is 0 Å². The lowest BCUT2D eigenvalue weighted by molar-refractivity contribution is 0.333. The first kappa shape index (κ1) is 13.3. The average molecular weight is 224 g/mol. The smallest absolute Gasteiger partial charge is 0.105 e. The van der Waals surface area contributed by atoms with Gasteiger partial charge in [-0.3, -0.25) is 0 Å². The van der Waals surface area contributed by atoms with Crippen LogP contribution in [0.25, 0.3) is 0 Å². The molecule has 0 amide bonds. The summed E-state index contributed by atoms with van der Waals surface area (Å²) in [5.74, 6) is 2.01. The summed E-state index contributed by atoms with van der Waals surface area (Å²) in [7, 11) is 4.19. The van der Waals surface area contributed by atoms with Crippen LogP contribution in [-0.2, 0) is 0 Å². The lowest BCUT2D eigenvalue weighted by Crippen LogP contribution is -2.37. The summed E-state index contributed by atoms with van der Waals surface area (Å²) in [4.78, 5) is 2.19. The molecule has 1 N–H and O–H groups in total. The zero-order chi connectivity index (χ0) is 12.3. The maximum absolute atomic E-state index is 5.55. The topological polar surface area (TPSA) is 28.4 Å². The first-order chi connectivity index (χ1) is 7.40. The Hall–Kier alpha value is -0.800. The largest absolute Gasteiger partial charge is 0.466 e. The van der Waals surface area contributed by atoms with Gasteiger partial charge in [-0.1, -0.05) is 0 Å². The maximum Gasteiger partial charge on any atom is 0.105 e. The SMILES string of the molecule is Cc1cc(C(C)NC(C)CN(C)C)c(C)o1. The molecule has 2 atom stereocenters. The summed E-state index contributed by atoms with van der Waals surface area (Å²) in [6, 6.07) is 2.93. The van der Waals surface area contributed by atoms with Crippen molar-refractivity contribution in [1.82, 2.24) is 10.2 Å². The molecule has 1 rings (SSSR count). The quantitative estimate of drug-likeness (QED) is 0.833. The summed E-state index contributed by atoms with van der Waals surface area (Å²) in [5.41, 5.74) is 1.27. The third kappa shape index (κ3) is 3.65. The van der Waals surface area contributed by atoms with E-state index in [9.17, 15) is 0 Å². The molecule has 0 saturated carbocycles. The van der Waals surface area contributed by atoms with Crippen molar-refractivity contribution in [2.24, 2.45) is 0 Å². The van der Waals surface area contributed by atoms with Gasteiger partial charge in [0.1, 0.15) is 11.5 Å². The molecule has 0 aromatic carbocycles. The molecule has 0 aliphatic carbocycles. The second-order valence-electron chi connectivity index (χ2n) is 4.92. The highest BCUT2D eigenvalue weighted by atomic mass is 16.3. The van der Waals surface area contributed by atoms with E-state index in [0.717, 1.165) is 18.1 Å². The van der Waals surface area contributed by atoms with Crippen LogP contribution in [0.3, 0.4) is 0 Å². The van der Waals surface area contributed by atoms with E-state index in [1.165, 1.54) is 5.56 Å². The lowest BCUT2D eigenvalue weighted by Gasteiger charge is -2.22. The van der Waals surface area contributed by atoms with Crippen molar-refractivity contribution in [1.29, 1.82) is 0 Å². The maximum atomic E-state index is 5.55. The summed E-state index contributed by atoms with van der Waals surface area (Å²) in [6.45, 7) is 9.45. The Labute approximate surface area is 98.8 Å². The van der Waals surface area contributed by atoms with Crippen molar-refractivity contribution in [3.8, 4) is 0 Å². The Morgan fingerprint density at radius 3 is 2.38 bits per heavy atom. The van der Waals surface area contributed by atoms with Crippen LogP contribution in [0.2, 0.25) is 0 Å². The first-order valence-corrected chi connectivity index (χ1v) is 5.88. The van der Waals surface area contributed by atoms with E-state index in [2.05, 4.69) is 44.2 Å². The van der Waals surface area contributed by atoms with E-state index in [4.69, 9.17) is 4.42 Å². The van der Waals surface area contributed by atoms with Gasteiger partial charge in [0.2, 0.25) is 0 Å². The number of furan rings is 1. The summed E-state index contributed by atoms with van der Waals surface area (Å²) >= 11 is 0. The fourth-order valence-electron chi connectivity index (χ4n) is 2.20. The monoisotopic (exact) mass is 224 g/mol. The molecule has 2 unspecified atom stereocenters. The van der Waals surface area contributed by atoms with Crippen LogP contribution in [-0.4, -0.2) is 31.6 Å². The molecule has 0 aliphatic rings. The molecule has 1 aromatic heterocycles. The summed E-state index contributed by atoms with van der Waals surface area (Å²) in [6.07, 6.45) is 0. The van der Waals surface area contributed by atoms with E-state index >= 15 is 0 Å². The second-order valence-corrected chi connectivity index (χ2v) is 4.92. The van der Waals surface area contributed by atoms with Crippen LogP contribution in [0, 0.1) is 13.8 Å². The van der Waals surface area contributed by atoms with Gasteiger partial charge < -0.3 is 14.6 Å². The Morgan fingerprint density at radius 1 is 1.31 bits per heavy atom. The lowest BCUT2D eigenvalue weighted by atomic mass is 10.1. The third-order valence-corrected chi connectivity index (χ3v) is 2.72. The second kappa shape index (κ2) is 5.51. The highest BCUT2D eigenvalue weighted by Gasteiger charge is 2.14. The Kier molecular flexibility index (Phi) is 4.56. The van der Waals surface area contributed by atoms with Crippen LogP contribution in [0.15, 0.2) is 10.5 Å². The minimum atomic E-state index is 0.340. The molecule has 3 nitrogen and oxygen atoms in total. The zero-order valence-corrected chi connectivity index (χ0v) is 11.3. The van der Waals surface area contributed by atoms with Gasteiger partial charge in [-0.05, 0) is 47.9 Å². The van der Waals surface area contributed by atoms with Gasteiger partial charge in [0, 0.05) is 24.2 Å². The average Bonchev–Trinajstić information content (AvgIpc) is 2.43. The number of rotatable bonds is 5. The van der Waals surface area contributed by atoms with Crippen LogP contribution in [0.1, 0.15) is 37.0 Å². The number of hydrogen-bond acceptors (Lipinski definition) is 3. The van der Waals surface area contributed by atoms with Gasteiger partial charge in [-0.25, -0.2) is 0 Å². The number of likely N-dealkylation sites (N-methyl/N-ethyl adjacent to an activating group) is 1. The van der Waals surface area contributed by atoms with Crippen molar-refractivity contribution < 1.29 is 4.42 Å². The van der Waals surface area contributed by atoms with E-state index in [0.29, 0.717) is 12.1 Å². The molecule has 16 heavy (non-hydrogen) atoms. The normalized spacial score (nSPS) is 15.4. The molecule has 1 aromatic rings. The number of nitrogens with zero attached hydrogens (tertiary/aromatic N) is 1. The third-order valence-electron chi connectivity index (χ3n) is 2.72. The first-order valence-electron chi connectivity index (χ1n) is 5.88. The van der Waals surface area contributed by atoms with Gasteiger partial charge in [-0.2, -0.15) is 0 Å². The van der Waals surface area contributed by atoms with Crippen molar-refractivity contribution in [2.75, 3.05) is 20.6 Å². The van der Waals surface area contributed by atoms with Crippen LogP contribution in [0.4, 0.5) is 0 Å².